The number of para-hydroxylation sites is 2. The monoisotopic (exact) mass is 304 g/mol. The van der Waals surface area contributed by atoms with E-state index in [9.17, 15) is 14.8 Å². The summed E-state index contributed by atoms with van der Waals surface area (Å²) in [5.74, 6) is -1.59. The number of fused-ring (bicyclic) bond motifs is 1. The predicted octanol–water partition coefficient (Wildman–Crippen LogP) is 1.35. The minimum absolute atomic E-state index is 0.0644. The molecular weight excluding hydrogens is 288 g/mol. The lowest BCUT2D eigenvalue weighted by Crippen LogP contribution is -2.38. The highest BCUT2D eigenvalue weighted by Gasteiger charge is 2.27. The number of aromatic nitrogens is 2. The third kappa shape index (κ3) is 2.98. The second kappa shape index (κ2) is 6.38. The number of carbonyl (C=O) groups excluding carboxylic acids is 2. The van der Waals surface area contributed by atoms with E-state index in [0.29, 0.717) is 10.2 Å². The summed E-state index contributed by atoms with van der Waals surface area (Å²) in [4.78, 5) is 27.7. The van der Waals surface area contributed by atoms with Crippen molar-refractivity contribution >= 4 is 23.0 Å². The van der Waals surface area contributed by atoms with Gasteiger partial charge in [-0.3, -0.25) is 4.79 Å². The van der Waals surface area contributed by atoms with Crippen LogP contribution in [0.25, 0.3) is 11.0 Å². The molecule has 0 atom stereocenters. The summed E-state index contributed by atoms with van der Waals surface area (Å²) < 4.78 is 10.1. The molecular formula is C15H16N2O5. The number of hydrogen-bond acceptors (Lipinski definition) is 6. The minimum atomic E-state index is -0.830. The van der Waals surface area contributed by atoms with Gasteiger partial charge in [-0.2, -0.15) is 4.73 Å². The van der Waals surface area contributed by atoms with Crippen molar-refractivity contribution in [2.45, 2.75) is 20.5 Å². The highest BCUT2D eigenvalue weighted by atomic mass is 16.5. The Hall–Kier alpha value is -2.70. The van der Waals surface area contributed by atoms with Gasteiger partial charge in [-0.05, 0) is 6.07 Å². The largest absolute Gasteiger partial charge is 0.618 e. The zero-order chi connectivity index (χ0) is 16.3. The van der Waals surface area contributed by atoms with Crippen LogP contribution >= 0.6 is 0 Å². The first-order chi connectivity index (χ1) is 10.5. The molecule has 0 fully saturated rings. The molecule has 0 spiro atoms. The molecule has 0 aliphatic heterocycles. The summed E-state index contributed by atoms with van der Waals surface area (Å²) in [5, 5.41) is 12.4. The summed E-state index contributed by atoms with van der Waals surface area (Å²) in [6.07, 6.45) is 0. The topological polar surface area (TPSA) is 92.4 Å². The Morgan fingerprint density at radius 2 is 2.00 bits per heavy atom. The molecule has 1 heterocycles. The highest BCUT2D eigenvalue weighted by Crippen LogP contribution is 2.13. The number of nitrogens with zero attached hydrogens (tertiary/aromatic N) is 2. The van der Waals surface area contributed by atoms with Crippen molar-refractivity contribution < 1.29 is 23.8 Å². The molecule has 7 heteroatoms. The molecule has 1 aromatic heterocycles. The van der Waals surface area contributed by atoms with E-state index >= 15 is 0 Å². The molecule has 0 amide bonds. The van der Waals surface area contributed by atoms with Crippen LogP contribution in [0.15, 0.2) is 24.3 Å². The van der Waals surface area contributed by atoms with Crippen molar-refractivity contribution in [2.24, 2.45) is 5.92 Å². The van der Waals surface area contributed by atoms with E-state index in [1.807, 2.05) is 0 Å². The van der Waals surface area contributed by atoms with Crippen molar-refractivity contribution in [3.05, 3.63) is 40.9 Å². The molecule has 0 aliphatic rings. The Bertz CT molecular complexity index is 727. The highest BCUT2D eigenvalue weighted by molar-refractivity contribution is 5.88. The van der Waals surface area contributed by atoms with Crippen molar-refractivity contribution in [1.82, 2.24) is 4.98 Å². The lowest BCUT2D eigenvalue weighted by Gasteiger charge is -2.11. The Morgan fingerprint density at radius 3 is 2.64 bits per heavy atom. The number of rotatable bonds is 4. The molecule has 22 heavy (non-hydrogen) atoms. The molecule has 0 N–H and O–H groups in total. The summed E-state index contributed by atoms with van der Waals surface area (Å²) in [6, 6.07) is 6.57. The van der Waals surface area contributed by atoms with E-state index in [1.165, 1.54) is 7.11 Å². The first kappa shape index (κ1) is 15.7. The van der Waals surface area contributed by atoms with E-state index in [2.05, 4.69) is 9.72 Å². The molecule has 0 unspecified atom stereocenters. The average molecular weight is 304 g/mol. The number of esters is 2. The normalized spacial score (nSPS) is 10.7. The van der Waals surface area contributed by atoms with Crippen LogP contribution in [-0.4, -0.2) is 24.0 Å². The summed E-state index contributed by atoms with van der Waals surface area (Å²) in [7, 11) is 1.17. The van der Waals surface area contributed by atoms with Crippen LogP contribution in [0.3, 0.4) is 0 Å². The van der Waals surface area contributed by atoms with Gasteiger partial charge in [-0.25, -0.2) is 9.78 Å². The van der Waals surface area contributed by atoms with Crippen molar-refractivity contribution in [2.75, 3.05) is 7.11 Å². The van der Waals surface area contributed by atoms with Gasteiger partial charge in [0.15, 0.2) is 5.69 Å². The second-order valence-corrected chi connectivity index (χ2v) is 4.94. The molecule has 7 nitrogen and oxygen atoms in total. The molecule has 0 radical (unpaired) electrons. The smallest absolute Gasteiger partial charge is 0.406 e. The quantitative estimate of drug-likeness (QED) is 0.481. The van der Waals surface area contributed by atoms with Gasteiger partial charge >= 0.3 is 17.6 Å². The van der Waals surface area contributed by atoms with Gasteiger partial charge in [0.1, 0.15) is 12.1 Å². The van der Waals surface area contributed by atoms with Gasteiger partial charge < -0.3 is 14.7 Å². The van der Waals surface area contributed by atoms with E-state index in [-0.39, 0.29) is 29.4 Å². The summed E-state index contributed by atoms with van der Waals surface area (Å²) in [6.45, 7) is 3.10. The zero-order valence-corrected chi connectivity index (χ0v) is 12.5. The van der Waals surface area contributed by atoms with Gasteiger partial charge in [0, 0.05) is 6.07 Å². The third-order valence-corrected chi connectivity index (χ3v) is 3.03. The van der Waals surface area contributed by atoms with Crippen molar-refractivity contribution in [1.29, 1.82) is 0 Å². The fraction of sp³-hybridized carbons (Fsp3) is 0.333. The number of benzene rings is 1. The van der Waals surface area contributed by atoms with Crippen LogP contribution in [0.1, 0.15) is 30.0 Å². The van der Waals surface area contributed by atoms with Gasteiger partial charge in [-0.15, -0.1) is 0 Å². The Labute approximate surface area is 127 Å². The molecule has 0 bridgehead atoms. The third-order valence-electron chi connectivity index (χ3n) is 3.03. The van der Waals surface area contributed by atoms with Crippen LogP contribution < -0.4 is 4.73 Å². The van der Waals surface area contributed by atoms with Crippen molar-refractivity contribution in [3.8, 4) is 0 Å². The number of carbonyl (C=O) groups is 2. The standard InChI is InChI=1S/C15H16N2O5/c1-9(2)14(18)22-8-11-13(15(19)21-3)17(20)12-7-5-4-6-10(12)16-11/h4-7,9H,8H2,1-3H3. The maximum Gasteiger partial charge on any atom is 0.406 e. The van der Waals surface area contributed by atoms with Gasteiger partial charge in [0.05, 0.1) is 13.0 Å². The SMILES string of the molecule is COC(=O)c1c(COC(=O)C(C)C)nc2ccccc2[n+]1[O-]. The molecule has 0 saturated carbocycles. The summed E-state index contributed by atoms with van der Waals surface area (Å²) >= 11 is 0. The van der Waals surface area contributed by atoms with Crippen LogP contribution in [0.5, 0.6) is 0 Å². The first-order valence-corrected chi connectivity index (χ1v) is 6.71. The van der Waals surface area contributed by atoms with Crippen LogP contribution in [0.4, 0.5) is 0 Å². The Morgan fingerprint density at radius 1 is 1.32 bits per heavy atom. The van der Waals surface area contributed by atoms with Gasteiger partial charge in [0.2, 0.25) is 5.52 Å². The predicted molar refractivity (Wildman–Crippen MR) is 76.7 cm³/mol. The first-order valence-electron chi connectivity index (χ1n) is 6.71. The number of methoxy groups -OCH3 is 1. The Balaban J connectivity index is 2.50. The Kier molecular flexibility index (Phi) is 4.55. The van der Waals surface area contributed by atoms with Crippen LogP contribution in [0.2, 0.25) is 0 Å². The fourth-order valence-corrected chi connectivity index (χ4v) is 1.87. The molecule has 2 rings (SSSR count). The molecule has 1 aromatic carbocycles. The van der Waals surface area contributed by atoms with E-state index < -0.39 is 11.9 Å². The molecule has 2 aromatic rings. The maximum absolute atomic E-state index is 12.4. The van der Waals surface area contributed by atoms with E-state index in [0.717, 1.165) is 0 Å². The van der Waals surface area contributed by atoms with Gasteiger partial charge in [-0.1, -0.05) is 26.0 Å². The maximum atomic E-state index is 12.4. The lowest BCUT2D eigenvalue weighted by molar-refractivity contribution is -0.581. The fourth-order valence-electron chi connectivity index (χ4n) is 1.87. The van der Waals surface area contributed by atoms with E-state index in [4.69, 9.17) is 4.74 Å². The second-order valence-electron chi connectivity index (χ2n) is 4.94. The zero-order valence-electron chi connectivity index (χ0n) is 12.5. The molecule has 116 valence electrons. The molecule has 0 aliphatic carbocycles. The van der Waals surface area contributed by atoms with Crippen molar-refractivity contribution in [3.63, 3.8) is 0 Å². The molecule has 0 saturated heterocycles. The van der Waals surface area contributed by atoms with E-state index in [1.54, 1.807) is 38.1 Å². The summed E-state index contributed by atoms with van der Waals surface area (Å²) in [5.41, 5.74) is 0.426. The number of hydrogen-bond donors (Lipinski definition) is 0. The lowest BCUT2D eigenvalue weighted by atomic mass is 10.2. The number of ether oxygens (including phenoxy) is 2. The van der Waals surface area contributed by atoms with Crippen LogP contribution in [0, 0.1) is 11.1 Å². The minimum Gasteiger partial charge on any atom is -0.618 e. The average Bonchev–Trinajstić information content (AvgIpc) is 2.51. The van der Waals surface area contributed by atoms with Gasteiger partial charge in [0.25, 0.3) is 0 Å². The van der Waals surface area contributed by atoms with Crippen LogP contribution in [-0.2, 0) is 20.9 Å².